The summed E-state index contributed by atoms with van der Waals surface area (Å²) < 4.78 is 5.55. The summed E-state index contributed by atoms with van der Waals surface area (Å²) >= 11 is 0. The van der Waals surface area contributed by atoms with Crippen molar-refractivity contribution in [3.05, 3.63) is 77.7 Å². The fourth-order valence-electron chi connectivity index (χ4n) is 3.54. The Kier molecular flexibility index (Phi) is 8.58. The number of unbranched alkanes of at least 4 members (excludes halogenated alkanes) is 1. The van der Waals surface area contributed by atoms with Crippen molar-refractivity contribution in [2.24, 2.45) is 4.99 Å². The molecule has 2 aromatic carbocycles. The number of guanidine groups is 1. The van der Waals surface area contributed by atoms with E-state index in [1.54, 1.807) is 37.6 Å². The second-order valence-electron chi connectivity index (χ2n) is 7.38. The summed E-state index contributed by atoms with van der Waals surface area (Å²) in [6.07, 6.45) is 3.13. The molecule has 0 fully saturated rings. The molecule has 172 valence electrons. The maximum Gasteiger partial charge on any atom is 0.261 e. The van der Waals surface area contributed by atoms with Crippen molar-refractivity contribution in [3.8, 4) is 11.5 Å². The topological polar surface area (TPSA) is 99.8 Å². The first kappa shape index (κ1) is 24.4. The lowest BCUT2D eigenvalue weighted by molar-refractivity contribution is 0.0652. The van der Waals surface area contributed by atoms with Gasteiger partial charge in [0.2, 0.25) is 5.89 Å². The molecule has 0 saturated carbocycles. The highest BCUT2D eigenvalue weighted by atomic mass is 127. The summed E-state index contributed by atoms with van der Waals surface area (Å²) in [6.45, 7) is 1.54. The van der Waals surface area contributed by atoms with Crippen LogP contribution in [0.2, 0.25) is 0 Å². The highest BCUT2D eigenvalue weighted by Gasteiger charge is 2.34. The molecule has 2 N–H and O–H groups in total. The number of imide groups is 1. The summed E-state index contributed by atoms with van der Waals surface area (Å²) in [4.78, 5) is 34.8. The molecule has 4 rings (SSSR count). The zero-order chi connectivity index (χ0) is 22.3. The van der Waals surface area contributed by atoms with Crippen LogP contribution in [0.15, 0.2) is 70.3 Å². The van der Waals surface area contributed by atoms with Crippen molar-refractivity contribution in [2.45, 2.75) is 19.4 Å². The van der Waals surface area contributed by atoms with E-state index in [1.165, 1.54) is 4.90 Å². The van der Waals surface area contributed by atoms with Gasteiger partial charge in [-0.3, -0.25) is 19.5 Å². The van der Waals surface area contributed by atoms with Gasteiger partial charge in [-0.1, -0.05) is 30.3 Å². The molecule has 0 atom stereocenters. The van der Waals surface area contributed by atoms with Crippen molar-refractivity contribution in [1.82, 2.24) is 20.5 Å². The number of halogens is 1. The minimum absolute atomic E-state index is 0. The summed E-state index contributed by atoms with van der Waals surface area (Å²) in [5, 5.41) is 6.44. The Morgan fingerprint density at radius 1 is 0.970 bits per heavy atom. The van der Waals surface area contributed by atoms with Gasteiger partial charge in [0.05, 0.1) is 23.4 Å². The molecule has 33 heavy (non-hydrogen) atoms. The van der Waals surface area contributed by atoms with E-state index in [9.17, 15) is 9.59 Å². The molecule has 1 aliphatic rings. The van der Waals surface area contributed by atoms with Crippen molar-refractivity contribution in [3.63, 3.8) is 0 Å². The van der Waals surface area contributed by atoms with Crippen LogP contribution in [0, 0.1) is 0 Å². The number of hydrogen-bond acceptors (Lipinski definition) is 5. The summed E-state index contributed by atoms with van der Waals surface area (Å²) in [5.41, 5.74) is 2.68. The van der Waals surface area contributed by atoms with Crippen LogP contribution in [-0.2, 0) is 6.54 Å². The van der Waals surface area contributed by atoms with E-state index in [4.69, 9.17) is 4.42 Å². The molecule has 2 amide bonds. The first-order valence-corrected chi connectivity index (χ1v) is 10.6. The van der Waals surface area contributed by atoms with Crippen LogP contribution in [0.4, 0.5) is 0 Å². The molecule has 0 bridgehead atoms. The third-order valence-corrected chi connectivity index (χ3v) is 5.21. The lowest BCUT2D eigenvalue weighted by Crippen LogP contribution is -2.37. The van der Waals surface area contributed by atoms with E-state index >= 15 is 0 Å². The molecular weight excluding hydrogens is 533 g/mol. The van der Waals surface area contributed by atoms with Crippen LogP contribution < -0.4 is 10.6 Å². The Bertz CT molecular complexity index is 1090. The number of rotatable bonds is 8. The number of fused-ring (bicyclic) bond motifs is 1. The highest BCUT2D eigenvalue weighted by molar-refractivity contribution is 14.0. The lowest BCUT2D eigenvalue weighted by atomic mass is 10.1. The van der Waals surface area contributed by atoms with Gasteiger partial charge in [-0.2, -0.15) is 0 Å². The molecular formula is C24H26IN5O3. The number of nitrogens with one attached hydrogen (secondary N) is 2. The second kappa shape index (κ2) is 11.6. The number of oxazole rings is 1. The SMILES string of the molecule is CN=C(NCCCCN1C(=O)c2ccccc2C1=O)NCc1coc(-c2ccccc2)n1.I. The van der Waals surface area contributed by atoms with Crippen LogP contribution >= 0.6 is 24.0 Å². The minimum Gasteiger partial charge on any atom is -0.444 e. The van der Waals surface area contributed by atoms with Crippen LogP contribution in [0.1, 0.15) is 39.3 Å². The quantitative estimate of drug-likeness (QED) is 0.144. The third kappa shape index (κ3) is 5.78. The molecule has 1 aliphatic heterocycles. The van der Waals surface area contributed by atoms with Crippen LogP contribution in [0.3, 0.4) is 0 Å². The minimum atomic E-state index is -0.210. The predicted molar refractivity (Wildman–Crippen MR) is 137 cm³/mol. The molecule has 8 nitrogen and oxygen atoms in total. The molecule has 1 aromatic heterocycles. The Morgan fingerprint density at radius 2 is 1.64 bits per heavy atom. The number of aliphatic imine (C=N–C) groups is 1. The van der Waals surface area contributed by atoms with Gasteiger partial charge >= 0.3 is 0 Å². The van der Waals surface area contributed by atoms with Gasteiger partial charge in [-0.25, -0.2) is 4.98 Å². The maximum absolute atomic E-state index is 12.4. The summed E-state index contributed by atoms with van der Waals surface area (Å²) in [5.74, 6) is 0.811. The monoisotopic (exact) mass is 559 g/mol. The first-order valence-electron chi connectivity index (χ1n) is 10.6. The van der Waals surface area contributed by atoms with Gasteiger partial charge in [0.15, 0.2) is 5.96 Å². The zero-order valence-corrected chi connectivity index (χ0v) is 20.6. The van der Waals surface area contributed by atoms with Crippen molar-refractivity contribution < 1.29 is 14.0 Å². The molecule has 2 heterocycles. The van der Waals surface area contributed by atoms with E-state index in [0.29, 0.717) is 49.0 Å². The molecule has 0 unspecified atom stereocenters. The van der Waals surface area contributed by atoms with Gasteiger partial charge in [-0.15, -0.1) is 24.0 Å². The largest absolute Gasteiger partial charge is 0.444 e. The average Bonchev–Trinajstić information content (AvgIpc) is 3.40. The average molecular weight is 559 g/mol. The molecule has 0 saturated heterocycles. The van der Waals surface area contributed by atoms with Crippen molar-refractivity contribution in [2.75, 3.05) is 20.1 Å². The number of benzene rings is 2. The van der Waals surface area contributed by atoms with Crippen LogP contribution in [0.5, 0.6) is 0 Å². The molecule has 0 radical (unpaired) electrons. The van der Waals surface area contributed by atoms with Gasteiger partial charge in [0.1, 0.15) is 6.26 Å². The Hall–Kier alpha value is -3.21. The summed E-state index contributed by atoms with van der Waals surface area (Å²) in [7, 11) is 1.70. The standard InChI is InChI=1S/C24H25N5O3.HI/c1-25-24(27-15-18-16-32-21(28-18)17-9-3-2-4-10-17)26-13-7-8-14-29-22(30)19-11-5-6-12-20(19)23(29)31;/h2-6,9-12,16H,7-8,13-15H2,1H3,(H2,25,26,27);1H. The maximum atomic E-state index is 12.4. The highest BCUT2D eigenvalue weighted by Crippen LogP contribution is 2.22. The number of hydrogen-bond donors (Lipinski definition) is 2. The van der Waals surface area contributed by atoms with E-state index in [0.717, 1.165) is 17.7 Å². The number of carbonyl (C=O) groups is 2. The Morgan fingerprint density at radius 3 is 2.30 bits per heavy atom. The fraction of sp³-hybridized carbons (Fsp3) is 0.250. The van der Waals surface area contributed by atoms with E-state index < -0.39 is 0 Å². The van der Waals surface area contributed by atoms with E-state index in [1.807, 2.05) is 30.3 Å². The summed E-state index contributed by atoms with van der Waals surface area (Å²) in [6, 6.07) is 16.7. The van der Waals surface area contributed by atoms with Gasteiger partial charge < -0.3 is 15.1 Å². The van der Waals surface area contributed by atoms with E-state index in [2.05, 4.69) is 20.6 Å². The molecule has 9 heteroatoms. The van der Waals surface area contributed by atoms with Crippen molar-refractivity contribution >= 4 is 41.8 Å². The molecule has 0 aliphatic carbocycles. The predicted octanol–water partition coefficient (Wildman–Crippen LogP) is 3.70. The first-order chi connectivity index (χ1) is 15.7. The fourth-order valence-corrected chi connectivity index (χ4v) is 3.54. The number of amides is 2. The number of nitrogens with zero attached hydrogens (tertiary/aromatic N) is 3. The lowest BCUT2D eigenvalue weighted by Gasteiger charge is -2.14. The van der Waals surface area contributed by atoms with Gasteiger partial charge in [0, 0.05) is 25.7 Å². The Balaban J connectivity index is 0.00000306. The van der Waals surface area contributed by atoms with Crippen LogP contribution in [0.25, 0.3) is 11.5 Å². The molecule has 0 spiro atoms. The van der Waals surface area contributed by atoms with Gasteiger partial charge in [0.25, 0.3) is 11.8 Å². The molecule has 3 aromatic rings. The Labute approximate surface area is 209 Å². The third-order valence-electron chi connectivity index (χ3n) is 5.21. The van der Waals surface area contributed by atoms with Gasteiger partial charge in [-0.05, 0) is 37.1 Å². The number of aromatic nitrogens is 1. The van der Waals surface area contributed by atoms with Crippen LogP contribution in [-0.4, -0.2) is 47.8 Å². The van der Waals surface area contributed by atoms with E-state index in [-0.39, 0.29) is 35.8 Å². The second-order valence-corrected chi connectivity index (χ2v) is 7.38. The number of carbonyl (C=O) groups excluding carboxylic acids is 2. The normalized spacial score (nSPS) is 13.0. The smallest absolute Gasteiger partial charge is 0.261 e. The van der Waals surface area contributed by atoms with Crippen molar-refractivity contribution in [1.29, 1.82) is 0 Å². The zero-order valence-electron chi connectivity index (χ0n) is 18.3.